The molecule has 3 nitrogen and oxygen atoms in total. The molecule has 0 aliphatic carbocycles. The van der Waals surface area contributed by atoms with Gasteiger partial charge in [-0.05, 0) is 17.2 Å². The SMILES string of the molecule is CN1C(=O)C(O)C(c2ccccc2)c2ccccc21. The highest BCUT2D eigenvalue weighted by Crippen LogP contribution is 2.39. The van der Waals surface area contributed by atoms with Gasteiger partial charge in [-0.25, -0.2) is 0 Å². The molecule has 1 heterocycles. The number of amides is 1. The molecule has 0 spiro atoms. The van der Waals surface area contributed by atoms with E-state index in [-0.39, 0.29) is 11.8 Å². The smallest absolute Gasteiger partial charge is 0.256 e. The van der Waals surface area contributed by atoms with Crippen molar-refractivity contribution in [2.75, 3.05) is 11.9 Å². The highest BCUT2D eigenvalue weighted by molar-refractivity contribution is 6.00. The van der Waals surface area contributed by atoms with Gasteiger partial charge in [0.1, 0.15) is 6.10 Å². The number of fused-ring (bicyclic) bond motifs is 1. The number of nitrogens with zero attached hydrogens (tertiary/aromatic N) is 1. The van der Waals surface area contributed by atoms with Gasteiger partial charge in [-0.1, -0.05) is 48.5 Å². The van der Waals surface area contributed by atoms with E-state index in [0.29, 0.717) is 0 Å². The number of hydrogen-bond donors (Lipinski definition) is 1. The van der Waals surface area contributed by atoms with Crippen molar-refractivity contribution in [1.29, 1.82) is 0 Å². The van der Waals surface area contributed by atoms with Gasteiger partial charge in [-0.15, -0.1) is 0 Å². The molecule has 0 saturated heterocycles. The molecule has 2 atom stereocenters. The Balaban J connectivity index is 2.19. The topological polar surface area (TPSA) is 40.5 Å². The van der Waals surface area contributed by atoms with Crippen LogP contribution in [0.4, 0.5) is 5.69 Å². The van der Waals surface area contributed by atoms with Crippen LogP contribution in [0.15, 0.2) is 54.6 Å². The zero-order valence-corrected chi connectivity index (χ0v) is 10.7. The van der Waals surface area contributed by atoms with Crippen molar-refractivity contribution >= 4 is 11.6 Å². The van der Waals surface area contributed by atoms with Gasteiger partial charge in [-0.2, -0.15) is 0 Å². The lowest BCUT2D eigenvalue weighted by Gasteiger charge is -2.35. The Morgan fingerprint density at radius 1 is 1.00 bits per heavy atom. The van der Waals surface area contributed by atoms with Gasteiger partial charge in [0.2, 0.25) is 0 Å². The molecule has 0 aromatic heterocycles. The number of benzene rings is 2. The van der Waals surface area contributed by atoms with E-state index in [2.05, 4.69) is 0 Å². The number of carbonyl (C=O) groups is 1. The Morgan fingerprint density at radius 2 is 1.63 bits per heavy atom. The van der Waals surface area contributed by atoms with E-state index in [1.807, 2.05) is 54.6 Å². The summed E-state index contributed by atoms with van der Waals surface area (Å²) in [6.45, 7) is 0. The second-order valence-electron chi connectivity index (χ2n) is 4.79. The zero-order valence-electron chi connectivity index (χ0n) is 10.7. The number of rotatable bonds is 1. The van der Waals surface area contributed by atoms with Crippen LogP contribution in [-0.4, -0.2) is 24.2 Å². The second kappa shape index (κ2) is 4.52. The summed E-state index contributed by atoms with van der Waals surface area (Å²) in [7, 11) is 1.70. The minimum atomic E-state index is -1.03. The molecular formula is C16H15NO2. The van der Waals surface area contributed by atoms with Crippen LogP contribution >= 0.6 is 0 Å². The maximum Gasteiger partial charge on any atom is 0.256 e. The molecule has 0 fully saturated rings. The first kappa shape index (κ1) is 11.9. The third-order valence-corrected chi connectivity index (χ3v) is 3.69. The van der Waals surface area contributed by atoms with Gasteiger partial charge in [0.05, 0.1) is 0 Å². The van der Waals surface area contributed by atoms with Crippen molar-refractivity contribution in [2.45, 2.75) is 12.0 Å². The first-order chi connectivity index (χ1) is 9.20. The summed E-state index contributed by atoms with van der Waals surface area (Å²) < 4.78 is 0. The molecule has 0 radical (unpaired) electrons. The van der Waals surface area contributed by atoms with Gasteiger partial charge in [0, 0.05) is 18.7 Å². The molecule has 1 aliphatic rings. The molecule has 3 heteroatoms. The summed E-state index contributed by atoms with van der Waals surface area (Å²) in [5.41, 5.74) is 2.82. The minimum absolute atomic E-state index is 0.257. The molecule has 1 N–H and O–H groups in total. The summed E-state index contributed by atoms with van der Waals surface area (Å²) in [5, 5.41) is 10.3. The summed E-state index contributed by atoms with van der Waals surface area (Å²) >= 11 is 0. The maximum absolute atomic E-state index is 12.1. The average molecular weight is 253 g/mol. The zero-order chi connectivity index (χ0) is 13.4. The van der Waals surface area contributed by atoms with Gasteiger partial charge >= 0.3 is 0 Å². The van der Waals surface area contributed by atoms with Gasteiger partial charge in [0.25, 0.3) is 5.91 Å². The lowest BCUT2D eigenvalue weighted by Crippen LogP contribution is -2.44. The molecule has 2 aromatic carbocycles. The van der Waals surface area contributed by atoms with Crippen LogP contribution in [0.2, 0.25) is 0 Å². The fraction of sp³-hybridized carbons (Fsp3) is 0.188. The molecule has 19 heavy (non-hydrogen) atoms. The summed E-state index contributed by atoms with van der Waals surface area (Å²) in [4.78, 5) is 13.7. The Labute approximate surface area is 112 Å². The molecule has 1 amide bonds. The molecule has 2 unspecified atom stereocenters. The van der Waals surface area contributed by atoms with Crippen molar-refractivity contribution in [3.05, 3.63) is 65.7 Å². The van der Waals surface area contributed by atoms with Crippen LogP contribution in [0.5, 0.6) is 0 Å². The molecule has 1 aliphatic heterocycles. The number of likely N-dealkylation sites (N-methyl/N-ethyl adjacent to an activating group) is 1. The predicted octanol–water partition coefficient (Wildman–Crippen LogP) is 2.16. The summed E-state index contributed by atoms with van der Waals surface area (Å²) in [6, 6.07) is 17.4. The highest BCUT2D eigenvalue weighted by atomic mass is 16.3. The van der Waals surface area contributed by atoms with Crippen LogP contribution < -0.4 is 4.90 Å². The van der Waals surface area contributed by atoms with Crippen molar-refractivity contribution < 1.29 is 9.90 Å². The first-order valence-corrected chi connectivity index (χ1v) is 6.29. The van der Waals surface area contributed by atoms with E-state index in [1.165, 1.54) is 4.90 Å². The third-order valence-electron chi connectivity index (χ3n) is 3.69. The Bertz CT molecular complexity index is 609. The van der Waals surface area contributed by atoms with Crippen molar-refractivity contribution in [2.24, 2.45) is 0 Å². The molecular weight excluding hydrogens is 238 g/mol. The standard InChI is InChI=1S/C16H15NO2/c1-17-13-10-6-5-9-12(13)14(15(18)16(17)19)11-7-3-2-4-8-11/h2-10,14-15,18H,1H3. The molecule has 0 saturated carbocycles. The Hall–Kier alpha value is -2.13. The third kappa shape index (κ3) is 1.83. The number of hydrogen-bond acceptors (Lipinski definition) is 2. The quantitative estimate of drug-likeness (QED) is 0.846. The normalized spacial score (nSPS) is 22.2. The Morgan fingerprint density at radius 3 is 2.37 bits per heavy atom. The van der Waals surface area contributed by atoms with E-state index in [4.69, 9.17) is 0 Å². The van der Waals surface area contributed by atoms with Gasteiger partial charge in [0.15, 0.2) is 0 Å². The fourth-order valence-corrected chi connectivity index (χ4v) is 2.71. The predicted molar refractivity (Wildman–Crippen MR) is 74.1 cm³/mol. The number of aliphatic hydroxyl groups excluding tert-OH is 1. The summed E-state index contributed by atoms with van der Waals surface area (Å²) in [5.74, 6) is -0.548. The molecule has 3 rings (SSSR count). The van der Waals surface area contributed by atoms with Crippen LogP contribution in [0.1, 0.15) is 17.0 Å². The van der Waals surface area contributed by atoms with E-state index >= 15 is 0 Å². The minimum Gasteiger partial charge on any atom is -0.382 e. The van der Waals surface area contributed by atoms with Crippen LogP contribution in [0.3, 0.4) is 0 Å². The van der Waals surface area contributed by atoms with Crippen molar-refractivity contribution in [3.63, 3.8) is 0 Å². The Kier molecular flexibility index (Phi) is 2.84. The first-order valence-electron chi connectivity index (χ1n) is 6.29. The molecule has 96 valence electrons. The van der Waals surface area contributed by atoms with E-state index in [0.717, 1.165) is 16.8 Å². The lowest BCUT2D eigenvalue weighted by molar-refractivity contribution is -0.127. The largest absolute Gasteiger partial charge is 0.382 e. The lowest BCUT2D eigenvalue weighted by atomic mass is 9.82. The van der Waals surface area contributed by atoms with E-state index in [1.54, 1.807) is 7.05 Å². The second-order valence-corrected chi connectivity index (χ2v) is 4.79. The van der Waals surface area contributed by atoms with Gasteiger partial charge < -0.3 is 10.0 Å². The fourth-order valence-electron chi connectivity index (χ4n) is 2.71. The molecule has 0 bridgehead atoms. The number of anilines is 1. The maximum atomic E-state index is 12.1. The highest BCUT2D eigenvalue weighted by Gasteiger charge is 2.38. The van der Waals surface area contributed by atoms with E-state index < -0.39 is 6.10 Å². The average Bonchev–Trinajstić information content (AvgIpc) is 2.46. The van der Waals surface area contributed by atoms with Crippen LogP contribution in [0, 0.1) is 0 Å². The summed E-state index contributed by atoms with van der Waals surface area (Å²) in [6.07, 6.45) is -1.03. The number of para-hydroxylation sites is 1. The van der Waals surface area contributed by atoms with Crippen molar-refractivity contribution in [3.8, 4) is 0 Å². The van der Waals surface area contributed by atoms with E-state index in [9.17, 15) is 9.90 Å². The monoisotopic (exact) mass is 253 g/mol. The number of carbonyl (C=O) groups excluding carboxylic acids is 1. The van der Waals surface area contributed by atoms with Crippen LogP contribution in [-0.2, 0) is 4.79 Å². The molecule has 2 aromatic rings. The number of aliphatic hydroxyl groups is 1. The van der Waals surface area contributed by atoms with Crippen LogP contribution in [0.25, 0.3) is 0 Å². The van der Waals surface area contributed by atoms with Gasteiger partial charge in [-0.3, -0.25) is 4.79 Å². The van der Waals surface area contributed by atoms with Crippen molar-refractivity contribution in [1.82, 2.24) is 0 Å².